The van der Waals surface area contributed by atoms with Crippen molar-refractivity contribution in [3.05, 3.63) is 98.1 Å². The van der Waals surface area contributed by atoms with Gasteiger partial charge in [-0.05, 0) is 87.9 Å². The Hall–Kier alpha value is -3.65. The lowest BCUT2D eigenvalue weighted by atomic mass is 9.98. The fourth-order valence-corrected chi connectivity index (χ4v) is 4.33. The molecule has 8 heteroatoms. The molecule has 2 aromatic heterocycles. The number of methoxy groups -OCH3 is 1. The van der Waals surface area contributed by atoms with E-state index < -0.39 is 11.9 Å². The summed E-state index contributed by atoms with van der Waals surface area (Å²) >= 11 is 3.24. The summed E-state index contributed by atoms with van der Waals surface area (Å²) < 4.78 is 11.2. The quantitative estimate of drug-likeness (QED) is 0.413. The van der Waals surface area contributed by atoms with Gasteiger partial charge in [-0.15, -0.1) is 0 Å². The first-order chi connectivity index (χ1) is 15.9. The van der Waals surface area contributed by atoms with Crippen molar-refractivity contribution in [3.63, 3.8) is 0 Å². The Morgan fingerprint density at radius 1 is 1.15 bits per heavy atom. The third kappa shape index (κ3) is 3.98. The summed E-state index contributed by atoms with van der Waals surface area (Å²) in [4.78, 5) is 29.3. The van der Waals surface area contributed by atoms with Gasteiger partial charge < -0.3 is 14.1 Å². The van der Waals surface area contributed by atoms with Crippen molar-refractivity contribution in [1.29, 1.82) is 0 Å². The van der Waals surface area contributed by atoms with Crippen LogP contribution in [0.15, 0.2) is 79.6 Å². The molecule has 1 amide bonds. The van der Waals surface area contributed by atoms with E-state index in [-0.39, 0.29) is 11.3 Å². The largest absolute Gasteiger partial charge is 0.497 e. The standard InChI is InChI=1S/C25H20BrN3O4/c1-14-3-4-16-12-18(24(30)27-19(16)11-14)21-13-20(15-5-7-17(32-2)8-6-15)28-29(21)25(31)22-9-10-23(26)33-22/h3-12,21H,13H2,1-2H3,(H,27,30). The molecule has 0 radical (unpaired) electrons. The Labute approximate surface area is 197 Å². The number of furan rings is 1. The molecule has 0 spiro atoms. The third-order valence-corrected chi connectivity index (χ3v) is 6.14. The summed E-state index contributed by atoms with van der Waals surface area (Å²) in [7, 11) is 1.60. The van der Waals surface area contributed by atoms with Gasteiger partial charge in [0.15, 0.2) is 10.4 Å². The van der Waals surface area contributed by atoms with Gasteiger partial charge in [-0.3, -0.25) is 9.59 Å². The van der Waals surface area contributed by atoms with E-state index in [1.54, 1.807) is 19.2 Å². The van der Waals surface area contributed by atoms with E-state index in [2.05, 4.69) is 26.0 Å². The lowest BCUT2D eigenvalue weighted by Crippen LogP contribution is -2.30. The van der Waals surface area contributed by atoms with Crippen LogP contribution < -0.4 is 10.3 Å². The number of nitrogens with zero attached hydrogens (tertiary/aromatic N) is 2. The van der Waals surface area contributed by atoms with Gasteiger partial charge in [0, 0.05) is 17.5 Å². The molecule has 166 valence electrons. The van der Waals surface area contributed by atoms with Crippen molar-refractivity contribution < 1.29 is 13.9 Å². The van der Waals surface area contributed by atoms with Crippen LogP contribution >= 0.6 is 15.9 Å². The normalized spacial score (nSPS) is 15.7. The number of hydrogen-bond donors (Lipinski definition) is 1. The van der Waals surface area contributed by atoms with E-state index in [0.29, 0.717) is 22.4 Å². The van der Waals surface area contributed by atoms with Crippen molar-refractivity contribution in [2.45, 2.75) is 19.4 Å². The molecule has 3 heterocycles. The predicted molar refractivity (Wildman–Crippen MR) is 129 cm³/mol. The Morgan fingerprint density at radius 3 is 2.64 bits per heavy atom. The number of halogens is 1. The summed E-state index contributed by atoms with van der Waals surface area (Å²) in [5.41, 5.74) is 3.58. The van der Waals surface area contributed by atoms with Gasteiger partial charge >= 0.3 is 5.91 Å². The van der Waals surface area contributed by atoms with Crippen LogP contribution in [-0.4, -0.2) is 28.7 Å². The van der Waals surface area contributed by atoms with Gasteiger partial charge in [0.05, 0.1) is 18.9 Å². The highest BCUT2D eigenvalue weighted by molar-refractivity contribution is 9.10. The van der Waals surface area contributed by atoms with Crippen LogP contribution in [0, 0.1) is 6.92 Å². The Bertz CT molecular complexity index is 1450. The number of carbonyl (C=O) groups is 1. The predicted octanol–water partition coefficient (Wildman–Crippen LogP) is 5.19. The van der Waals surface area contributed by atoms with E-state index in [4.69, 9.17) is 9.15 Å². The third-order valence-electron chi connectivity index (χ3n) is 5.71. The van der Waals surface area contributed by atoms with Crippen molar-refractivity contribution >= 4 is 38.5 Å². The molecule has 0 aliphatic carbocycles. The number of hydrazone groups is 1. The number of H-pyrrole nitrogens is 1. The number of amides is 1. The summed E-state index contributed by atoms with van der Waals surface area (Å²) in [6.07, 6.45) is 0.389. The number of carbonyl (C=O) groups excluding carboxylic acids is 1. The minimum absolute atomic E-state index is 0.138. The van der Waals surface area contributed by atoms with E-state index in [0.717, 1.165) is 27.8 Å². The lowest BCUT2D eigenvalue weighted by molar-refractivity contribution is 0.0676. The molecule has 1 unspecified atom stereocenters. The second-order valence-electron chi connectivity index (χ2n) is 7.89. The molecule has 7 nitrogen and oxygen atoms in total. The smallest absolute Gasteiger partial charge is 0.310 e. The van der Waals surface area contributed by atoms with Gasteiger partial charge in [0.25, 0.3) is 5.56 Å². The summed E-state index contributed by atoms with van der Waals surface area (Å²) in [6.45, 7) is 1.97. The fourth-order valence-electron chi connectivity index (χ4n) is 4.02. The molecule has 0 bridgehead atoms. The zero-order valence-corrected chi connectivity index (χ0v) is 19.5. The number of hydrogen-bond acceptors (Lipinski definition) is 5. The van der Waals surface area contributed by atoms with E-state index >= 15 is 0 Å². The molecule has 1 atom stereocenters. The van der Waals surface area contributed by atoms with E-state index in [9.17, 15) is 9.59 Å². The average molecular weight is 506 g/mol. The molecule has 33 heavy (non-hydrogen) atoms. The maximum absolute atomic E-state index is 13.3. The number of rotatable bonds is 4. The van der Waals surface area contributed by atoms with Crippen LogP contribution in [0.5, 0.6) is 5.75 Å². The molecule has 0 saturated heterocycles. The second-order valence-corrected chi connectivity index (χ2v) is 8.67. The van der Waals surface area contributed by atoms with Crippen LogP contribution in [0.1, 0.15) is 39.7 Å². The fraction of sp³-hybridized carbons (Fsp3) is 0.160. The maximum Gasteiger partial charge on any atom is 0.310 e. The average Bonchev–Trinajstić information content (AvgIpc) is 3.45. The van der Waals surface area contributed by atoms with Crippen LogP contribution in [0.3, 0.4) is 0 Å². The summed E-state index contributed by atoms with van der Waals surface area (Å²) in [6, 6.07) is 17.8. The molecular weight excluding hydrogens is 486 g/mol. The van der Waals surface area contributed by atoms with Gasteiger partial charge in [0.2, 0.25) is 0 Å². The van der Waals surface area contributed by atoms with Crippen LogP contribution in [-0.2, 0) is 0 Å². The first-order valence-electron chi connectivity index (χ1n) is 10.4. The van der Waals surface area contributed by atoms with Crippen LogP contribution in [0.4, 0.5) is 0 Å². The SMILES string of the molecule is COc1ccc(C2=NN(C(=O)c3ccc(Br)o3)C(c3cc4ccc(C)cc4[nH]c3=O)C2)cc1. The monoisotopic (exact) mass is 505 g/mol. The Balaban J connectivity index is 1.59. The first-order valence-corrected chi connectivity index (χ1v) is 11.2. The van der Waals surface area contributed by atoms with Gasteiger partial charge in [-0.25, -0.2) is 5.01 Å². The highest BCUT2D eigenvalue weighted by Crippen LogP contribution is 2.34. The zero-order chi connectivity index (χ0) is 23.1. The van der Waals surface area contributed by atoms with Gasteiger partial charge in [-0.2, -0.15) is 5.10 Å². The number of pyridine rings is 1. The number of aromatic nitrogens is 1. The van der Waals surface area contributed by atoms with Crippen molar-refractivity contribution in [2.75, 3.05) is 7.11 Å². The zero-order valence-electron chi connectivity index (χ0n) is 18.0. The summed E-state index contributed by atoms with van der Waals surface area (Å²) in [5.74, 6) is 0.445. The first kappa shape index (κ1) is 21.2. The number of fused-ring (bicyclic) bond motifs is 1. The highest BCUT2D eigenvalue weighted by atomic mass is 79.9. The number of aromatic amines is 1. The van der Waals surface area contributed by atoms with Gasteiger partial charge in [-0.1, -0.05) is 12.1 Å². The minimum atomic E-state index is -0.576. The topological polar surface area (TPSA) is 87.9 Å². The van der Waals surface area contributed by atoms with Crippen molar-refractivity contribution in [1.82, 2.24) is 9.99 Å². The molecule has 1 N–H and O–H groups in total. The molecular formula is C25H20BrN3O4. The molecule has 4 aromatic rings. The summed E-state index contributed by atoms with van der Waals surface area (Å²) in [5, 5.41) is 6.86. The van der Waals surface area contributed by atoms with E-state index in [1.807, 2.05) is 55.5 Å². The Kier molecular flexibility index (Phi) is 5.38. The van der Waals surface area contributed by atoms with Crippen molar-refractivity contribution in [3.8, 4) is 5.75 Å². The molecule has 1 aliphatic heterocycles. The van der Waals surface area contributed by atoms with Crippen LogP contribution in [0.25, 0.3) is 10.9 Å². The number of ether oxygens (including phenoxy) is 1. The molecule has 2 aromatic carbocycles. The number of benzene rings is 2. The van der Waals surface area contributed by atoms with Gasteiger partial charge in [0.1, 0.15) is 5.75 Å². The van der Waals surface area contributed by atoms with E-state index in [1.165, 1.54) is 5.01 Å². The molecule has 1 aliphatic rings. The second kappa shape index (κ2) is 8.37. The van der Waals surface area contributed by atoms with Crippen LogP contribution in [0.2, 0.25) is 0 Å². The minimum Gasteiger partial charge on any atom is -0.497 e. The highest BCUT2D eigenvalue weighted by Gasteiger charge is 2.36. The maximum atomic E-state index is 13.3. The molecule has 0 fully saturated rings. The van der Waals surface area contributed by atoms with Crippen molar-refractivity contribution in [2.24, 2.45) is 5.10 Å². The number of aryl methyl sites for hydroxylation is 1. The number of nitrogens with one attached hydrogen (secondary N) is 1. The lowest BCUT2D eigenvalue weighted by Gasteiger charge is -2.20. The molecule has 5 rings (SSSR count). The Morgan fingerprint density at radius 2 is 1.94 bits per heavy atom. The molecule has 0 saturated carbocycles.